The van der Waals surface area contributed by atoms with Crippen LogP contribution in [-0.4, -0.2) is 21.3 Å². The minimum absolute atomic E-state index is 0.0582. The summed E-state index contributed by atoms with van der Waals surface area (Å²) in [7, 11) is 4.83. The molecule has 0 aliphatic heterocycles. The lowest BCUT2D eigenvalue weighted by atomic mass is 9.97. The molecule has 1 aromatic rings. The molecule has 2 N–H and O–H groups in total. The van der Waals surface area contributed by atoms with Crippen LogP contribution in [0.1, 0.15) is 38.3 Å². The van der Waals surface area contributed by atoms with Crippen molar-refractivity contribution in [3.05, 3.63) is 17.7 Å². The fraction of sp³-hybridized carbons (Fsp3) is 0.600. The highest BCUT2D eigenvalue weighted by molar-refractivity contribution is 5.56. The summed E-state index contributed by atoms with van der Waals surface area (Å²) in [4.78, 5) is 0. The molecule has 1 aromatic carbocycles. The molecule has 0 saturated heterocycles. The second-order valence-corrected chi connectivity index (χ2v) is 5.00. The molecule has 19 heavy (non-hydrogen) atoms. The van der Waals surface area contributed by atoms with Crippen molar-refractivity contribution in [2.75, 3.05) is 21.3 Å². The van der Waals surface area contributed by atoms with Gasteiger partial charge in [0.1, 0.15) is 0 Å². The first-order valence-electron chi connectivity index (χ1n) is 6.59. The van der Waals surface area contributed by atoms with Gasteiger partial charge in [-0.2, -0.15) is 0 Å². The SMILES string of the molecule is COc1ccc([C@H](N)CCC(C)C)c(OC)c1OC. The summed E-state index contributed by atoms with van der Waals surface area (Å²) in [5.74, 6) is 2.55. The van der Waals surface area contributed by atoms with Gasteiger partial charge in [-0.15, -0.1) is 0 Å². The predicted molar refractivity (Wildman–Crippen MR) is 77.1 cm³/mol. The van der Waals surface area contributed by atoms with Crippen LogP contribution < -0.4 is 19.9 Å². The summed E-state index contributed by atoms with van der Waals surface area (Å²) in [6, 6.07) is 3.76. The van der Waals surface area contributed by atoms with Crippen LogP contribution in [0.5, 0.6) is 17.2 Å². The molecule has 108 valence electrons. The predicted octanol–water partition coefficient (Wildman–Crippen LogP) is 3.15. The van der Waals surface area contributed by atoms with Gasteiger partial charge in [-0.1, -0.05) is 13.8 Å². The van der Waals surface area contributed by atoms with Gasteiger partial charge in [0.2, 0.25) is 5.75 Å². The maximum absolute atomic E-state index is 6.26. The van der Waals surface area contributed by atoms with E-state index in [0.29, 0.717) is 23.2 Å². The Balaban J connectivity index is 3.06. The van der Waals surface area contributed by atoms with E-state index >= 15 is 0 Å². The van der Waals surface area contributed by atoms with Crippen molar-refractivity contribution >= 4 is 0 Å². The van der Waals surface area contributed by atoms with Crippen LogP contribution >= 0.6 is 0 Å². The molecule has 0 unspecified atom stereocenters. The molecular formula is C15H25NO3. The molecule has 4 heteroatoms. The Morgan fingerprint density at radius 1 is 0.947 bits per heavy atom. The summed E-state index contributed by atoms with van der Waals surface area (Å²) in [6.07, 6.45) is 2.00. The van der Waals surface area contributed by atoms with Crippen LogP contribution in [0.3, 0.4) is 0 Å². The van der Waals surface area contributed by atoms with Crippen molar-refractivity contribution in [1.29, 1.82) is 0 Å². The number of ether oxygens (including phenoxy) is 3. The fourth-order valence-corrected chi connectivity index (χ4v) is 2.08. The lowest BCUT2D eigenvalue weighted by Gasteiger charge is -2.20. The van der Waals surface area contributed by atoms with E-state index in [2.05, 4.69) is 13.8 Å². The molecule has 4 nitrogen and oxygen atoms in total. The van der Waals surface area contributed by atoms with Gasteiger partial charge in [-0.05, 0) is 30.9 Å². The Morgan fingerprint density at radius 3 is 2.05 bits per heavy atom. The van der Waals surface area contributed by atoms with Gasteiger partial charge in [-0.3, -0.25) is 0 Å². The number of hydrogen-bond acceptors (Lipinski definition) is 4. The average Bonchev–Trinajstić information content (AvgIpc) is 2.42. The lowest BCUT2D eigenvalue weighted by Crippen LogP contribution is -2.13. The van der Waals surface area contributed by atoms with Crippen LogP contribution in [0, 0.1) is 5.92 Å². The van der Waals surface area contributed by atoms with Crippen LogP contribution in [0.25, 0.3) is 0 Å². The first-order chi connectivity index (χ1) is 9.04. The molecule has 1 rings (SSSR count). The van der Waals surface area contributed by atoms with Gasteiger partial charge >= 0.3 is 0 Å². The average molecular weight is 267 g/mol. The third kappa shape index (κ3) is 3.77. The van der Waals surface area contributed by atoms with Gasteiger partial charge in [0.25, 0.3) is 0 Å². The fourth-order valence-electron chi connectivity index (χ4n) is 2.08. The van der Waals surface area contributed by atoms with E-state index in [4.69, 9.17) is 19.9 Å². The number of benzene rings is 1. The van der Waals surface area contributed by atoms with E-state index in [9.17, 15) is 0 Å². The lowest BCUT2D eigenvalue weighted by molar-refractivity contribution is 0.320. The first kappa shape index (κ1) is 15.6. The monoisotopic (exact) mass is 267 g/mol. The largest absolute Gasteiger partial charge is 0.493 e. The summed E-state index contributed by atoms with van der Waals surface area (Å²) < 4.78 is 16.1. The summed E-state index contributed by atoms with van der Waals surface area (Å²) in [5, 5.41) is 0. The Labute approximate surface area is 115 Å². The second-order valence-electron chi connectivity index (χ2n) is 5.00. The van der Waals surface area contributed by atoms with E-state index < -0.39 is 0 Å². The van der Waals surface area contributed by atoms with Crippen LogP contribution in [0.15, 0.2) is 12.1 Å². The molecule has 0 bridgehead atoms. The first-order valence-corrected chi connectivity index (χ1v) is 6.59. The molecule has 0 amide bonds. The second kappa shape index (κ2) is 7.24. The normalized spacial score (nSPS) is 12.4. The maximum atomic E-state index is 6.26. The van der Waals surface area contributed by atoms with Crippen molar-refractivity contribution in [2.24, 2.45) is 11.7 Å². The van der Waals surface area contributed by atoms with E-state index in [1.54, 1.807) is 21.3 Å². The number of hydrogen-bond donors (Lipinski definition) is 1. The highest BCUT2D eigenvalue weighted by Gasteiger charge is 2.19. The molecule has 0 saturated carbocycles. The van der Waals surface area contributed by atoms with Crippen LogP contribution in [0.2, 0.25) is 0 Å². The molecule has 0 heterocycles. The summed E-state index contributed by atoms with van der Waals surface area (Å²) >= 11 is 0. The smallest absolute Gasteiger partial charge is 0.203 e. The van der Waals surface area contributed by atoms with Crippen molar-refractivity contribution in [3.63, 3.8) is 0 Å². The van der Waals surface area contributed by atoms with Crippen molar-refractivity contribution in [3.8, 4) is 17.2 Å². The molecule has 0 aliphatic rings. The maximum Gasteiger partial charge on any atom is 0.203 e. The summed E-state index contributed by atoms with van der Waals surface area (Å²) in [5.41, 5.74) is 7.22. The molecule has 0 radical (unpaired) electrons. The molecule has 0 fully saturated rings. The van der Waals surface area contributed by atoms with Crippen LogP contribution in [0.4, 0.5) is 0 Å². The zero-order valence-electron chi connectivity index (χ0n) is 12.5. The van der Waals surface area contributed by atoms with E-state index in [-0.39, 0.29) is 6.04 Å². The van der Waals surface area contributed by atoms with Gasteiger partial charge in [0.15, 0.2) is 11.5 Å². The highest BCUT2D eigenvalue weighted by Crippen LogP contribution is 2.42. The van der Waals surface area contributed by atoms with Crippen LogP contribution in [-0.2, 0) is 0 Å². The standard InChI is InChI=1S/C15H25NO3/c1-10(2)6-8-12(16)11-7-9-13(17-3)15(19-5)14(11)18-4/h7,9-10,12H,6,8,16H2,1-5H3/t12-/m1/s1. The van der Waals surface area contributed by atoms with E-state index in [1.165, 1.54) is 0 Å². The zero-order valence-corrected chi connectivity index (χ0v) is 12.5. The third-order valence-electron chi connectivity index (χ3n) is 3.19. The Bertz CT molecular complexity index is 405. The molecular weight excluding hydrogens is 242 g/mol. The number of methoxy groups -OCH3 is 3. The highest BCUT2D eigenvalue weighted by atomic mass is 16.5. The molecule has 0 spiro atoms. The minimum atomic E-state index is -0.0582. The van der Waals surface area contributed by atoms with Crippen molar-refractivity contribution < 1.29 is 14.2 Å². The molecule has 0 aromatic heterocycles. The third-order valence-corrected chi connectivity index (χ3v) is 3.19. The number of nitrogens with two attached hydrogens (primary N) is 1. The van der Waals surface area contributed by atoms with Gasteiger partial charge < -0.3 is 19.9 Å². The molecule has 1 atom stereocenters. The Hall–Kier alpha value is -1.42. The van der Waals surface area contributed by atoms with Crippen molar-refractivity contribution in [1.82, 2.24) is 0 Å². The molecule has 0 aliphatic carbocycles. The van der Waals surface area contributed by atoms with E-state index in [0.717, 1.165) is 18.4 Å². The van der Waals surface area contributed by atoms with Crippen molar-refractivity contribution in [2.45, 2.75) is 32.7 Å². The van der Waals surface area contributed by atoms with Gasteiger partial charge in [0.05, 0.1) is 21.3 Å². The van der Waals surface area contributed by atoms with E-state index in [1.807, 2.05) is 12.1 Å². The Morgan fingerprint density at radius 2 is 1.58 bits per heavy atom. The minimum Gasteiger partial charge on any atom is -0.493 e. The number of rotatable bonds is 7. The van der Waals surface area contributed by atoms with Gasteiger partial charge in [0, 0.05) is 11.6 Å². The van der Waals surface area contributed by atoms with Gasteiger partial charge in [-0.25, -0.2) is 0 Å². The summed E-state index contributed by atoms with van der Waals surface area (Å²) in [6.45, 7) is 4.39. The zero-order chi connectivity index (χ0) is 14.4. The Kier molecular flexibility index (Phi) is 5.96. The topological polar surface area (TPSA) is 53.7 Å². The quantitative estimate of drug-likeness (QED) is 0.824.